The van der Waals surface area contributed by atoms with E-state index in [0.717, 1.165) is 28.1 Å². The van der Waals surface area contributed by atoms with Crippen LogP contribution in [0.3, 0.4) is 0 Å². The molecule has 1 fully saturated rings. The van der Waals surface area contributed by atoms with Gasteiger partial charge >= 0.3 is 0 Å². The van der Waals surface area contributed by atoms with Gasteiger partial charge in [0.15, 0.2) is 15.0 Å². The Morgan fingerprint density at radius 3 is 2.45 bits per heavy atom. The average molecular weight is 540 g/mol. The molecule has 1 saturated heterocycles. The number of nitrogens with zero attached hydrogens (tertiary/aromatic N) is 2. The molecular weight excluding hydrogens is 516 g/mol. The Labute approximate surface area is 201 Å². The van der Waals surface area contributed by atoms with Crippen molar-refractivity contribution in [2.45, 2.75) is 42.8 Å². The molecule has 1 aromatic heterocycles. The molecule has 0 saturated carbocycles. The van der Waals surface area contributed by atoms with Gasteiger partial charge in [-0.2, -0.15) is 0 Å². The van der Waals surface area contributed by atoms with E-state index in [9.17, 15) is 8.42 Å². The summed E-state index contributed by atoms with van der Waals surface area (Å²) in [6.07, 6.45) is 3.00. The largest absolute Gasteiger partial charge is 0.348 e. The zero-order valence-corrected chi connectivity index (χ0v) is 21.2. The van der Waals surface area contributed by atoms with Crippen molar-refractivity contribution in [2.75, 3.05) is 18.0 Å². The zero-order chi connectivity index (χ0) is 22.0. The van der Waals surface area contributed by atoms with Gasteiger partial charge in [0.1, 0.15) is 0 Å². The number of halogens is 2. The lowest BCUT2D eigenvalue weighted by Crippen LogP contribution is -2.39. The summed E-state index contributed by atoms with van der Waals surface area (Å²) in [6, 6.07) is 13.6. The van der Waals surface area contributed by atoms with Crippen LogP contribution in [0.25, 0.3) is 0 Å². The molecule has 4 rings (SSSR count). The molecule has 4 nitrogen and oxygen atoms in total. The number of thiazole rings is 1. The maximum absolute atomic E-state index is 13.1. The van der Waals surface area contributed by atoms with E-state index in [4.69, 9.17) is 16.6 Å². The monoisotopic (exact) mass is 538 g/mol. The number of sulfone groups is 1. The van der Waals surface area contributed by atoms with Crippen molar-refractivity contribution >= 4 is 53.8 Å². The van der Waals surface area contributed by atoms with E-state index >= 15 is 0 Å². The zero-order valence-electron chi connectivity index (χ0n) is 17.2. The molecule has 0 aliphatic carbocycles. The third-order valence-corrected chi connectivity index (χ3v) is 9.89. The Balaban J connectivity index is 1.39. The molecule has 164 valence electrons. The van der Waals surface area contributed by atoms with E-state index in [1.807, 2.05) is 0 Å². The van der Waals surface area contributed by atoms with Gasteiger partial charge in [0, 0.05) is 29.4 Å². The summed E-state index contributed by atoms with van der Waals surface area (Å²) < 4.78 is 26.9. The highest BCUT2D eigenvalue weighted by molar-refractivity contribution is 9.10. The van der Waals surface area contributed by atoms with E-state index in [1.165, 1.54) is 11.1 Å². The third-order valence-electron chi connectivity index (χ3n) is 5.71. The highest BCUT2D eigenvalue weighted by atomic mass is 79.9. The first-order chi connectivity index (χ1) is 14.9. The van der Waals surface area contributed by atoms with Crippen molar-refractivity contribution in [1.29, 1.82) is 0 Å². The summed E-state index contributed by atoms with van der Waals surface area (Å²) in [6.45, 7) is 3.51. The summed E-state index contributed by atoms with van der Waals surface area (Å²) in [5, 5.41) is 2.93. The first-order valence-electron chi connectivity index (χ1n) is 10.3. The smallest absolute Gasteiger partial charge is 0.185 e. The van der Waals surface area contributed by atoms with Crippen LogP contribution >= 0.6 is 38.9 Å². The Morgan fingerprint density at radius 1 is 1.13 bits per heavy atom. The van der Waals surface area contributed by atoms with Crippen LogP contribution in [0.2, 0.25) is 5.02 Å². The van der Waals surface area contributed by atoms with Gasteiger partial charge in [-0.3, -0.25) is 0 Å². The fourth-order valence-corrected chi connectivity index (χ4v) is 7.52. The van der Waals surface area contributed by atoms with Crippen molar-refractivity contribution < 1.29 is 8.42 Å². The number of piperidine rings is 1. The number of benzene rings is 2. The van der Waals surface area contributed by atoms with Crippen molar-refractivity contribution in [3.8, 4) is 0 Å². The van der Waals surface area contributed by atoms with Gasteiger partial charge in [0.2, 0.25) is 0 Å². The second kappa shape index (κ2) is 9.61. The highest BCUT2D eigenvalue weighted by Gasteiger charge is 2.33. The van der Waals surface area contributed by atoms with Crippen LogP contribution in [0.15, 0.2) is 57.2 Å². The minimum atomic E-state index is -3.45. The minimum Gasteiger partial charge on any atom is -0.348 e. The van der Waals surface area contributed by atoms with Crippen LogP contribution in [0.5, 0.6) is 0 Å². The third kappa shape index (κ3) is 5.16. The van der Waals surface area contributed by atoms with Gasteiger partial charge in [0.05, 0.1) is 20.9 Å². The van der Waals surface area contributed by atoms with Crippen LogP contribution in [-0.2, 0) is 22.7 Å². The fraction of sp³-hybridized carbons (Fsp3) is 0.348. The standard InChI is InChI=1S/C23H24BrClN2O2S2/c1-2-16-3-5-17(6-4-16)13-19-15-30-23(26-19)27-11-9-20(10-12-27)31(28,29)22-8-7-18(24)14-21(22)25/h3-8,14-15,20H,2,9-13H2,1H3. The predicted molar refractivity (Wildman–Crippen MR) is 132 cm³/mol. The lowest BCUT2D eigenvalue weighted by Gasteiger charge is -2.31. The van der Waals surface area contributed by atoms with Crippen LogP contribution < -0.4 is 4.90 Å². The van der Waals surface area contributed by atoms with Gasteiger partial charge in [-0.1, -0.05) is 58.7 Å². The molecule has 1 aliphatic heterocycles. The number of aryl methyl sites for hydroxylation is 1. The van der Waals surface area contributed by atoms with Gasteiger partial charge in [-0.05, 0) is 48.6 Å². The molecule has 2 heterocycles. The molecule has 2 aromatic carbocycles. The van der Waals surface area contributed by atoms with E-state index in [1.54, 1.807) is 29.5 Å². The Hall–Kier alpha value is -1.41. The van der Waals surface area contributed by atoms with Crippen molar-refractivity contribution in [3.63, 3.8) is 0 Å². The summed E-state index contributed by atoms with van der Waals surface area (Å²) in [4.78, 5) is 7.23. The molecule has 0 amide bonds. The average Bonchev–Trinajstić information content (AvgIpc) is 3.22. The quantitative estimate of drug-likeness (QED) is 0.377. The number of hydrogen-bond acceptors (Lipinski definition) is 5. The molecule has 0 spiro atoms. The molecule has 0 N–H and O–H groups in total. The number of rotatable bonds is 6. The van der Waals surface area contributed by atoms with Gasteiger partial charge in [-0.25, -0.2) is 13.4 Å². The second-order valence-corrected chi connectivity index (χ2v) is 12.1. The minimum absolute atomic E-state index is 0.224. The summed E-state index contributed by atoms with van der Waals surface area (Å²) >= 11 is 11.2. The Morgan fingerprint density at radius 2 is 1.81 bits per heavy atom. The maximum Gasteiger partial charge on any atom is 0.185 e. The van der Waals surface area contributed by atoms with Crippen molar-refractivity contribution in [3.05, 3.63) is 74.2 Å². The molecule has 0 atom stereocenters. The molecule has 0 unspecified atom stereocenters. The van der Waals surface area contributed by atoms with Gasteiger partial charge in [-0.15, -0.1) is 11.3 Å². The number of hydrogen-bond donors (Lipinski definition) is 0. The molecular formula is C23H24BrClN2O2S2. The molecule has 3 aromatic rings. The first-order valence-corrected chi connectivity index (χ1v) is 13.9. The summed E-state index contributed by atoms with van der Waals surface area (Å²) in [5.41, 5.74) is 3.65. The van der Waals surface area contributed by atoms with Gasteiger partial charge in [0.25, 0.3) is 0 Å². The summed E-state index contributed by atoms with van der Waals surface area (Å²) in [7, 11) is -3.45. The topological polar surface area (TPSA) is 50.3 Å². The van der Waals surface area contributed by atoms with Crippen LogP contribution in [0.4, 0.5) is 5.13 Å². The molecule has 0 bridgehead atoms. The van der Waals surface area contributed by atoms with Crippen LogP contribution in [0, 0.1) is 0 Å². The highest BCUT2D eigenvalue weighted by Crippen LogP contribution is 2.33. The number of aromatic nitrogens is 1. The van der Waals surface area contributed by atoms with E-state index < -0.39 is 15.1 Å². The van der Waals surface area contributed by atoms with Crippen LogP contribution in [-0.4, -0.2) is 31.7 Å². The Bertz CT molecular complexity index is 1150. The molecule has 8 heteroatoms. The molecule has 0 radical (unpaired) electrons. The number of anilines is 1. The van der Waals surface area contributed by atoms with Crippen molar-refractivity contribution in [1.82, 2.24) is 4.98 Å². The Kier molecular flexibility index (Phi) is 7.06. The van der Waals surface area contributed by atoms with E-state index in [0.29, 0.717) is 25.9 Å². The first kappa shape index (κ1) is 22.8. The maximum atomic E-state index is 13.1. The van der Waals surface area contributed by atoms with Crippen LogP contribution in [0.1, 0.15) is 36.6 Å². The second-order valence-electron chi connectivity index (χ2n) is 7.77. The lowest BCUT2D eigenvalue weighted by molar-refractivity contribution is 0.529. The van der Waals surface area contributed by atoms with Gasteiger partial charge < -0.3 is 4.90 Å². The van der Waals surface area contributed by atoms with E-state index in [2.05, 4.69) is 57.4 Å². The lowest BCUT2D eigenvalue weighted by atomic mass is 10.1. The summed E-state index contributed by atoms with van der Waals surface area (Å²) in [5.74, 6) is 0. The predicted octanol–water partition coefficient (Wildman–Crippen LogP) is 6.15. The molecule has 31 heavy (non-hydrogen) atoms. The fourth-order valence-electron chi connectivity index (χ4n) is 3.87. The van der Waals surface area contributed by atoms with Crippen molar-refractivity contribution in [2.24, 2.45) is 0 Å². The van der Waals surface area contributed by atoms with E-state index in [-0.39, 0.29) is 9.92 Å². The SMILES string of the molecule is CCc1ccc(Cc2csc(N3CCC(S(=O)(=O)c4ccc(Br)cc4Cl)CC3)n2)cc1. The normalized spacial score (nSPS) is 15.4. The molecule has 1 aliphatic rings.